The monoisotopic (exact) mass is 326 g/mol. The second kappa shape index (κ2) is 6.14. The van der Waals surface area contributed by atoms with Gasteiger partial charge in [0.2, 0.25) is 0 Å². The van der Waals surface area contributed by atoms with E-state index < -0.39 is 12.0 Å². The van der Waals surface area contributed by atoms with Crippen LogP contribution in [-0.2, 0) is 4.79 Å². The zero-order valence-electron chi connectivity index (χ0n) is 10.4. The van der Waals surface area contributed by atoms with Crippen molar-refractivity contribution in [2.45, 2.75) is 31.7 Å². The van der Waals surface area contributed by atoms with E-state index in [0.717, 1.165) is 19.3 Å². The molecular formula is C13H15BrN2O3. The maximum Gasteiger partial charge on any atom is 0.326 e. The predicted molar refractivity (Wildman–Crippen MR) is 72.9 cm³/mol. The van der Waals surface area contributed by atoms with E-state index in [2.05, 4.69) is 20.9 Å². The van der Waals surface area contributed by atoms with Gasteiger partial charge in [0, 0.05) is 17.2 Å². The highest BCUT2D eigenvalue weighted by Gasteiger charge is 2.32. The first-order chi connectivity index (χ1) is 9.11. The van der Waals surface area contributed by atoms with Gasteiger partial charge in [-0.2, -0.15) is 0 Å². The molecule has 1 aliphatic heterocycles. The minimum absolute atomic E-state index is 0.274. The molecule has 1 aliphatic rings. The number of nitrogens with zero attached hydrogens (tertiary/aromatic N) is 2. The van der Waals surface area contributed by atoms with E-state index in [4.69, 9.17) is 0 Å². The highest BCUT2D eigenvalue weighted by Crippen LogP contribution is 2.22. The van der Waals surface area contributed by atoms with Gasteiger partial charge in [0.25, 0.3) is 5.91 Å². The molecule has 0 bridgehead atoms. The SMILES string of the molecule is O=C(O)C1CCCCCN1C(=O)c1ncccc1Br. The summed E-state index contributed by atoms with van der Waals surface area (Å²) in [4.78, 5) is 29.3. The van der Waals surface area contributed by atoms with Crippen molar-refractivity contribution in [2.75, 3.05) is 6.54 Å². The summed E-state index contributed by atoms with van der Waals surface area (Å²) in [5, 5.41) is 9.27. The maximum absolute atomic E-state index is 12.5. The molecule has 1 aromatic heterocycles. The molecule has 5 nitrogen and oxygen atoms in total. The lowest BCUT2D eigenvalue weighted by atomic mass is 10.1. The Morgan fingerprint density at radius 1 is 1.37 bits per heavy atom. The van der Waals surface area contributed by atoms with Gasteiger partial charge in [0.1, 0.15) is 11.7 Å². The largest absolute Gasteiger partial charge is 0.480 e. The van der Waals surface area contributed by atoms with Crippen LogP contribution >= 0.6 is 15.9 Å². The van der Waals surface area contributed by atoms with E-state index in [0.29, 0.717) is 17.4 Å². The van der Waals surface area contributed by atoms with Crippen LogP contribution in [0.4, 0.5) is 0 Å². The zero-order valence-corrected chi connectivity index (χ0v) is 12.0. The van der Waals surface area contributed by atoms with Crippen LogP contribution in [0.3, 0.4) is 0 Å². The molecule has 0 radical (unpaired) electrons. The molecule has 2 heterocycles. The van der Waals surface area contributed by atoms with Crippen LogP contribution in [0.2, 0.25) is 0 Å². The van der Waals surface area contributed by atoms with Crippen LogP contribution in [0.15, 0.2) is 22.8 Å². The third-order valence-corrected chi connectivity index (χ3v) is 3.90. The number of carbonyl (C=O) groups excluding carboxylic acids is 1. The van der Waals surface area contributed by atoms with Gasteiger partial charge in [0.15, 0.2) is 0 Å². The zero-order chi connectivity index (χ0) is 13.8. The number of aromatic nitrogens is 1. The lowest BCUT2D eigenvalue weighted by Crippen LogP contribution is -2.45. The normalized spacial score (nSPS) is 19.8. The van der Waals surface area contributed by atoms with Crippen LogP contribution in [-0.4, -0.2) is 39.5 Å². The van der Waals surface area contributed by atoms with Gasteiger partial charge >= 0.3 is 5.97 Å². The Bertz CT molecular complexity index is 493. The average Bonchev–Trinajstić information content (AvgIpc) is 2.64. The number of carboxylic acid groups (broad SMARTS) is 1. The first-order valence-electron chi connectivity index (χ1n) is 6.25. The molecule has 1 aromatic rings. The predicted octanol–water partition coefficient (Wildman–Crippen LogP) is 2.31. The lowest BCUT2D eigenvalue weighted by Gasteiger charge is -2.26. The molecule has 2 rings (SSSR count). The highest BCUT2D eigenvalue weighted by atomic mass is 79.9. The summed E-state index contributed by atoms with van der Waals surface area (Å²) >= 11 is 3.28. The Hall–Kier alpha value is -1.43. The Morgan fingerprint density at radius 3 is 2.84 bits per heavy atom. The van der Waals surface area contributed by atoms with E-state index in [-0.39, 0.29) is 11.6 Å². The van der Waals surface area contributed by atoms with Gasteiger partial charge in [-0.1, -0.05) is 12.8 Å². The molecule has 0 aliphatic carbocycles. The molecule has 102 valence electrons. The van der Waals surface area contributed by atoms with Crippen molar-refractivity contribution in [3.05, 3.63) is 28.5 Å². The Balaban J connectivity index is 2.29. The molecule has 1 amide bonds. The quantitative estimate of drug-likeness (QED) is 0.905. The Labute approximate surface area is 119 Å². The lowest BCUT2D eigenvalue weighted by molar-refractivity contribution is -0.142. The fourth-order valence-corrected chi connectivity index (χ4v) is 2.71. The van der Waals surface area contributed by atoms with Crippen molar-refractivity contribution in [3.8, 4) is 0 Å². The number of halogens is 1. The first kappa shape index (κ1) is 14.0. The number of aliphatic carboxylic acids is 1. The minimum Gasteiger partial charge on any atom is -0.480 e. The molecule has 0 spiro atoms. The Morgan fingerprint density at radius 2 is 2.16 bits per heavy atom. The number of pyridine rings is 1. The topological polar surface area (TPSA) is 70.5 Å². The summed E-state index contributed by atoms with van der Waals surface area (Å²) in [6.45, 7) is 0.471. The standard InChI is InChI=1S/C13H15BrN2O3/c14-9-5-4-7-15-11(9)12(17)16-8-3-1-2-6-10(16)13(18)19/h4-5,7,10H,1-3,6,8H2,(H,18,19). The molecular weight excluding hydrogens is 312 g/mol. The average molecular weight is 327 g/mol. The molecule has 1 unspecified atom stereocenters. The third-order valence-electron chi connectivity index (χ3n) is 3.26. The van der Waals surface area contributed by atoms with Crippen LogP contribution in [0.1, 0.15) is 36.2 Å². The number of carbonyl (C=O) groups is 2. The fourth-order valence-electron chi connectivity index (χ4n) is 2.29. The smallest absolute Gasteiger partial charge is 0.326 e. The van der Waals surface area contributed by atoms with Crippen LogP contribution in [0.25, 0.3) is 0 Å². The summed E-state index contributed by atoms with van der Waals surface area (Å²) in [5.41, 5.74) is 0.274. The minimum atomic E-state index is -0.942. The molecule has 1 N–H and O–H groups in total. The molecule has 1 saturated heterocycles. The molecule has 1 fully saturated rings. The summed E-state index contributed by atoms with van der Waals surface area (Å²) in [6, 6.07) is 2.70. The summed E-state index contributed by atoms with van der Waals surface area (Å²) in [6.07, 6.45) is 4.66. The van der Waals surface area contributed by atoms with Crippen LogP contribution in [0.5, 0.6) is 0 Å². The van der Waals surface area contributed by atoms with Crippen molar-refractivity contribution in [1.82, 2.24) is 9.88 Å². The summed E-state index contributed by atoms with van der Waals surface area (Å²) in [7, 11) is 0. The number of amides is 1. The van der Waals surface area contributed by atoms with E-state index >= 15 is 0 Å². The number of carboxylic acids is 1. The van der Waals surface area contributed by atoms with Gasteiger partial charge in [0.05, 0.1) is 0 Å². The van der Waals surface area contributed by atoms with Crippen LogP contribution < -0.4 is 0 Å². The maximum atomic E-state index is 12.5. The molecule has 0 aromatic carbocycles. The molecule has 1 atom stereocenters. The van der Waals surface area contributed by atoms with E-state index in [1.807, 2.05) is 0 Å². The second-order valence-corrected chi connectivity index (χ2v) is 5.39. The third kappa shape index (κ3) is 3.12. The second-order valence-electron chi connectivity index (χ2n) is 4.54. The van der Waals surface area contributed by atoms with Crippen molar-refractivity contribution in [2.24, 2.45) is 0 Å². The van der Waals surface area contributed by atoms with Gasteiger partial charge < -0.3 is 10.0 Å². The van der Waals surface area contributed by atoms with Crippen LogP contribution in [0, 0.1) is 0 Å². The Kier molecular flexibility index (Phi) is 4.52. The first-order valence-corrected chi connectivity index (χ1v) is 7.05. The fraction of sp³-hybridized carbons (Fsp3) is 0.462. The van der Waals surface area contributed by atoms with Gasteiger partial charge in [-0.25, -0.2) is 9.78 Å². The van der Waals surface area contributed by atoms with Crippen molar-refractivity contribution in [3.63, 3.8) is 0 Å². The highest BCUT2D eigenvalue weighted by molar-refractivity contribution is 9.10. The molecule has 19 heavy (non-hydrogen) atoms. The molecule has 0 saturated carbocycles. The van der Waals surface area contributed by atoms with E-state index in [1.165, 1.54) is 11.1 Å². The van der Waals surface area contributed by atoms with Gasteiger partial charge in [-0.05, 0) is 40.9 Å². The number of likely N-dealkylation sites (tertiary alicyclic amines) is 1. The number of rotatable bonds is 2. The van der Waals surface area contributed by atoms with Crippen molar-refractivity contribution < 1.29 is 14.7 Å². The van der Waals surface area contributed by atoms with Gasteiger partial charge in [-0.15, -0.1) is 0 Å². The number of hydrogen-bond donors (Lipinski definition) is 1. The van der Waals surface area contributed by atoms with Crippen molar-refractivity contribution in [1.29, 1.82) is 0 Å². The van der Waals surface area contributed by atoms with Gasteiger partial charge in [-0.3, -0.25) is 4.79 Å². The van der Waals surface area contributed by atoms with E-state index in [1.54, 1.807) is 12.1 Å². The summed E-state index contributed by atoms with van der Waals surface area (Å²) in [5.74, 6) is -1.26. The van der Waals surface area contributed by atoms with Crippen molar-refractivity contribution >= 4 is 27.8 Å². The number of hydrogen-bond acceptors (Lipinski definition) is 3. The molecule has 6 heteroatoms. The van der Waals surface area contributed by atoms with E-state index in [9.17, 15) is 14.7 Å². The summed E-state index contributed by atoms with van der Waals surface area (Å²) < 4.78 is 0.591.